The van der Waals surface area contributed by atoms with Crippen molar-refractivity contribution in [3.8, 4) is 0 Å². The van der Waals surface area contributed by atoms with Crippen molar-refractivity contribution in [1.29, 1.82) is 0 Å². The van der Waals surface area contributed by atoms with Gasteiger partial charge < -0.3 is 20.6 Å². The summed E-state index contributed by atoms with van der Waals surface area (Å²) in [5.74, 6) is -1.53. The number of rotatable bonds is 4. The number of carboxylic acid groups (broad SMARTS) is 1. The summed E-state index contributed by atoms with van der Waals surface area (Å²) < 4.78 is 0. The maximum Gasteiger partial charge on any atom is 0.305 e. The zero-order valence-electron chi connectivity index (χ0n) is 11.6. The minimum atomic E-state index is -1.07. The van der Waals surface area contributed by atoms with Crippen LogP contribution >= 0.6 is 0 Å². The lowest BCUT2D eigenvalue weighted by molar-refractivity contribution is -0.154. The molecule has 2 amide bonds. The second kappa shape index (κ2) is 5.78. The van der Waals surface area contributed by atoms with Crippen LogP contribution in [0.3, 0.4) is 0 Å². The number of carboxylic acids is 1. The van der Waals surface area contributed by atoms with E-state index in [9.17, 15) is 14.4 Å². The molecule has 2 fully saturated rings. The van der Waals surface area contributed by atoms with Crippen LogP contribution in [0.15, 0.2) is 0 Å². The molecular weight excluding hydrogens is 262 g/mol. The summed E-state index contributed by atoms with van der Waals surface area (Å²) in [6, 6.07) is -0.891. The molecule has 0 bridgehead atoms. The first-order chi connectivity index (χ1) is 9.50. The Morgan fingerprint density at radius 3 is 2.75 bits per heavy atom. The van der Waals surface area contributed by atoms with Gasteiger partial charge in [-0.3, -0.25) is 14.4 Å². The molecule has 2 unspecified atom stereocenters. The van der Waals surface area contributed by atoms with Gasteiger partial charge in [-0.25, -0.2) is 0 Å². The largest absolute Gasteiger partial charge is 0.481 e. The van der Waals surface area contributed by atoms with Crippen molar-refractivity contribution in [3.63, 3.8) is 0 Å². The van der Waals surface area contributed by atoms with E-state index in [1.54, 1.807) is 0 Å². The molecule has 20 heavy (non-hydrogen) atoms. The number of hydrogen-bond donors (Lipinski definition) is 3. The lowest BCUT2D eigenvalue weighted by Gasteiger charge is -2.39. The van der Waals surface area contributed by atoms with Crippen LogP contribution in [0.5, 0.6) is 0 Å². The van der Waals surface area contributed by atoms with Gasteiger partial charge in [-0.2, -0.15) is 0 Å². The van der Waals surface area contributed by atoms with E-state index in [-0.39, 0.29) is 18.2 Å². The maximum absolute atomic E-state index is 12.8. The Kier molecular flexibility index (Phi) is 4.27. The van der Waals surface area contributed by atoms with Crippen molar-refractivity contribution in [2.75, 3.05) is 26.2 Å². The summed E-state index contributed by atoms with van der Waals surface area (Å²) in [6.45, 7) is 4.10. The Morgan fingerprint density at radius 1 is 1.45 bits per heavy atom. The normalized spacial score (nSPS) is 30.1. The average molecular weight is 283 g/mol. The van der Waals surface area contributed by atoms with Gasteiger partial charge in [-0.1, -0.05) is 6.92 Å². The minimum Gasteiger partial charge on any atom is -0.481 e. The summed E-state index contributed by atoms with van der Waals surface area (Å²) in [5, 5.41) is 14.8. The molecule has 7 nitrogen and oxygen atoms in total. The number of nitrogens with zero attached hydrogens (tertiary/aromatic N) is 1. The molecule has 2 atom stereocenters. The second-order valence-corrected chi connectivity index (χ2v) is 5.46. The van der Waals surface area contributed by atoms with Crippen molar-refractivity contribution >= 4 is 17.8 Å². The van der Waals surface area contributed by atoms with E-state index < -0.39 is 17.4 Å². The van der Waals surface area contributed by atoms with E-state index in [2.05, 4.69) is 10.6 Å². The molecule has 0 radical (unpaired) electrons. The predicted molar refractivity (Wildman–Crippen MR) is 71.0 cm³/mol. The van der Waals surface area contributed by atoms with Gasteiger partial charge in [-0.15, -0.1) is 0 Å². The fourth-order valence-electron chi connectivity index (χ4n) is 3.01. The van der Waals surface area contributed by atoms with Gasteiger partial charge in [0.15, 0.2) is 0 Å². The molecule has 0 aromatic carbocycles. The third-order valence-electron chi connectivity index (χ3n) is 4.33. The molecule has 3 N–H and O–H groups in total. The average Bonchev–Trinajstić information content (AvgIpc) is 2.90. The highest BCUT2D eigenvalue weighted by Gasteiger charge is 2.46. The smallest absolute Gasteiger partial charge is 0.305 e. The predicted octanol–water partition coefficient (Wildman–Crippen LogP) is -0.822. The zero-order valence-corrected chi connectivity index (χ0v) is 11.6. The molecule has 112 valence electrons. The Bertz CT molecular complexity index is 418. The van der Waals surface area contributed by atoms with Crippen molar-refractivity contribution in [2.45, 2.75) is 32.2 Å². The zero-order chi connectivity index (χ0) is 14.8. The number of carbonyl (C=O) groups excluding carboxylic acids is 2. The Hall–Kier alpha value is -1.63. The van der Waals surface area contributed by atoms with Crippen LogP contribution in [0.2, 0.25) is 0 Å². The molecule has 0 aromatic heterocycles. The van der Waals surface area contributed by atoms with Crippen LogP contribution in [0, 0.1) is 5.41 Å². The molecule has 2 rings (SSSR count). The third-order valence-corrected chi connectivity index (χ3v) is 4.33. The third kappa shape index (κ3) is 2.63. The molecule has 7 heteroatoms. The Labute approximate surface area is 117 Å². The first-order valence-electron chi connectivity index (χ1n) is 7.01. The first-order valence-corrected chi connectivity index (χ1v) is 7.01. The van der Waals surface area contributed by atoms with Gasteiger partial charge in [0.05, 0.1) is 11.8 Å². The molecule has 0 aromatic rings. The van der Waals surface area contributed by atoms with Gasteiger partial charge in [-0.05, 0) is 19.4 Å². The van der Waals surface area contributed by atoms with Crippen LogP contribution in [0.4, 0.5) is 0 Å². The van der Waals surface area contributed by atoms with Gasteiger partial charge in [0.25, 0.3) is 0 Å². The highest BCUT2D eigenvalue weighted by molar-refractivity contribution is 5.93. The second-order valence-electron chi connectivity index (χ2n) is 5.46. The van der Waals surface area contributed by atoms with Gasteiger partial charge in [0.2, 0.25) is 11.8 Å². The summed E-state index contributed by atoms with van der Waals surface area (Å²) in [7, 11) is 0. The van der Waals surface area contributed by atoms with E-state index >= 15 is 0 Å². The lowest BCUT2D eigenvalue weighted by atomic mass is 9.82. The molecule has 0 aliphatic carbocycles. The number of aliphatic carboxylic acids is 1. The molecule has 2 heterocycles. The molecular formula is C13H21N3O4. The fourth-order valence-corrected chi connectivity index (χ4v) is 3.01. The minimum absolute atomic E-state index is 0.0916. The molecule has 2 saturated heterocycles. The monoisotopic (exact) mass is 283 g/mol. The summed E-state index contributed by atoms with van der Waals surface area (Å²) in [5.41, 5.74) is -0.492. The maximum atomic E-state index is 12.8. The van der Waals surface area contributed by atoms with Crippen molar-refractivity contribution in [2.24, 2.45) is 5.41 Å². The molecule has 0 spiro atoms. The number of carbonyl (C=O) groups is 3. The van der Waals surface area contributed by atoms with Crippen molar-refractivity contribution in [3.05, 3.63) is 0 Å². The molecule has 2 aliphatic rings. The number of nitrogens with one attached hydrogen (secondary N) is 2. The van der Waals surface area contributed by atoms with Crippen LogP contribution < -0.4 is 10.6 Å². The SMILES string of the molecule is CCC1(C(=O)N2CCNC(=O)C2CC(=O)O)CCNC1. The van der Waals surface area contributed by atoms with E-state index in [4.69, 9.17) is 5.11 Å². The highest BCUT2D eigenvalue weighted by atomic mass is 16.4. The van der Waals surface area contributed by atoms with Gasteiger partial charge in [0, 0.05) is 19.6 Å². The molecule has 2 aliphatic heterocycles. The lowest BCUT2D eigenvalue weighted by Crippen LogP contribution is -2.61. The standard InChI is InChI=1S/C13H21N3O4/c1-2-13(3-4-14-8-13)12(20)16-6-5-15-11(19)9(16)7-10(17)18/h9,14H,2-8H2,1H3,(H,15,19)(H,17,18). The highest BCUT2D eigenvalue weighted by Crippen LogP contribution is 2.33. The van der Waals surface area contributed by atoms with Crippen LogP contribution in [0.25, 0.3) is 0 Å². The van der Waals surface area contributed by atoms with Gasteiger partial charge >= 0.3 is 5.97 Å². The summed E-state index contributed by atoms with van der Waals surface area (Å²) in [6.07, 6.45) is 1.09. The number of piperazine rings is 1. The number of amides is 2. The van der Waals surface area contributed by atoms with Crippen LogP contribution in [-0.2, 0) is 14.4 Å². The summed E-state index contributed by atoms with van der Waals surface area (Å²) in [4.78, 5) is 37.1. The topological polar surface area (TPSA) is 98.7 Å². The Morgan fingerprint density at radius 2 is 2.20 bits per heavy atom. The quantitative estimate of drug-likeness (QED) is 0.626. The first kappa shape index (κ1) is 14.8. The van der Waals surface area contributed by atoms with Gasteiger partial charge in [0.1, 0.15) is 6.04 Å². The van der Waals surface area contributed by atoms with E-state index in [0.717, 1.165) is 13.0 Å². The van der Waals surface area contributed by atoms with E-state index in [1.165, 1.54) is 4.90 Å². The fraction of sp³-hybridized carbons (Fsp3) is 0.769. The summed E-state index contributed by atoms with van der Waals surface area (Å²) >= 11 is 0. The number of hydrogen-bond acceptors (Lipinski definition) is 4. The van der Waals surface area contributed by atoms with Crippen molar-refractivity contribution < 1.29 is 19.5 Å². The van der Waals surface area contributed by atoms with Crippen LogP contribution in [0.1, 0.15) is 26.2 Å². The molecule has 0 saturated carbocycles. The van der Waals surface area contributed by atoms with Crippen LogP contribution in [-0.4, -0.2) is 60.0 Å². The van der Waals surface area contributed by atoms with E-state index in [0.29, 0.717) is 26.1 Å². The Balaban J connectivity index is 2.20. The van der Waals surface area contributed by atoms with Crippen molar-refractivity contribution in [1.82, 2.24) is 15.5 Å². The van der Waals surface area contributed by atoms with E-state index in [1.807, 2.05) is 6.92 Å².